The van der Waals surface area contributed by atoms with Crippen LogP contribution in [0.5, 0.6) is 11.5 Å². The SMILES string of the molecule is COc1ccc(OCc2nnc(SCc3cc(=O)c4cc(C(N)=O)ccc4[nH]3)n2C)cc1. The van der Waals surface area contributed by atoms with Gasteiger partial charge >= 0.3 is 0 Å². The molecular weight excluding hydrogens is 430 g/mol. The maximum absolute atomic E-state index is 12.5. The van der Waals surface area contributed by atoms with Crippen molar-refractivity contribution in [3.05, 3.63) is 75.8 Å². The second-order valence-electron chi connectivity index (χ2n) is 6.99. The van der Waals surface area contributed by atoms with Crippen LogP contribution in [0.15, 0.2) is 58.5 Å². The Labute approximate surface area is 187 Å². The Morgan fingerprint density at radius 2 is 1.88 bits per heavy atom. The van der Waals surface area contributed by atoms with Crippen LogP contribution in [0.2, 0.25) is 0 Å². The molecule has 2 aromatic heterocycles. The van der Waals surface area contributed by atoms with Crippen LogP contribution in [0, 0.1) is 0 Å². The highest BCUT2D eigenvalue weighted by Gasteiger charge is 2.12. The number of hydrogen-bond donors (Lipinski definition) is 2. The number of rotatable bonds is 8. The molecule has 0 unspecified atom stereocenters. The highest BCUT2D eigenvalue weighted by Crippen LogP contribution is 2.22. The smallest absolute Gasteiger partial charge is 0.248 e. The fourth-order valence-electron chi connectivity index (χ4n) is 3.09. The third kappa shape index (κ3) is 4.59. The van der Waals surface area contributed by atoms with E-state index in [1.165, 1.54) is 23.9 Å². The van der Waals surface area contributed by atoms with Crippen LogP contribution in [0.25, 0.3) is 10.9 Å². The van der Waals surface area contributed by atoms with Crippen molar-refractivity contribution in [1.29, 1.82) is 0 Å². The molecule has 0 saturated heterocycles. The molecule has 164 valence electrons. The summed E-state index contributed by atoms with van der Waals surface area (Å²) >= 11 is 1.45. The van der Waals surface area contributed by atoms with Gasteiger partial charge in [-0.05, 0) is 42.5 Å². The van der Waals surface area contributed by atoms with Crippen molar-refractivity contribution in [2.45, 2.75) is 17.5 Å². The molecule has 0 aliphatic heterocycles. The van der Waals surface area contributed by atoms with Crippen LogP contribution in [-0.4, -0.2) is 32.8 Å². The summed E-state index contributed by atoms with van der Waals surface area (Å²) in [5.41, 5.74) is 6.80. The van der Waals surface area contributed by atoms with Crippen molar-refractivity contribution in [2.75, 3.05) is 7.11 Å². The molecule has 10 heteroatoms. The lowest BCUT2D eigenvalue weighted by Gasteiger charge is -2.08. The summed E-state index contributed by atoms with van der Waals surface area (Å²) in [6.07, 6.45) is 0. The van der Waals surface area contributed by atoms with E-state index in [0.717, 1.165) is 11.4 Å². The van der Waals surface area contributed by atoms with Crippen LogP contribution in [0.4, 0.5) is 0 Å². The number of amides is 1. The lowest BCUT2D eigenvalue weighted by Crippen LogP contribution is -2.12. The molecule has 32 heavy (non-hydrogen) atoms. The van der Waals surface area contributed by atoms with E-state index in [0.29, 0.717) is 38.9 Å². The first-order chi connectivity index (χ1) is 15.4. The molecule has 0 saturated carbocycles. The van der Waals surface area contributed by atoms with Gasteiger partial charge in [0.15, 0.2) is 16.4 Å². The molecule has 9 nitrogen and oxygen atoms in total. The average molecular weight is 452 g/mol. The minimum atomic E-state index is -0.569. The highest BCUT2D eigenvalue weighted by atomic mass is 32.2. The van der Waals surface area contributed by atoms with E-state index in [2.05, 4.69) is 15.2 Å². The Hall–Kier alpha value is -3.79. The van der Waals surface area contributed by atoms with Crippen molar-refractivity contribution in [1.82, 2.24) is 19.7 Å². The maximum Gasteiger partial charge on any atom is 0.248 e. The summed E-state index contributed by atoms with van der Waals surface area (Å²) in [5, 5.41) is 9.54. The summed E-state index contributed by atoms with van der Waals surface area (Å²) in [5.74, 6) is 2.06. The Bertz CT molecular complexity index is 1330. The molecule has 2 heterocycles. The van der Waals surface area contributed by atoms with E-state index in [4.69, 9.17) is 15.2 Å². The first-order valence-electron chi connectivity index (χ1n) is 9.68. The van der Waals surface area contributed by atoms with E-state index < -0.39 is 5.91 Å². The number of aromatic amines is 1. The number of primary amides is 1. The summed E-state index contributed by atoms with van der Waals surface area (Å²) < 4.78 is 12.8. The van der Waals surface area contributed by atoms with Crippen molar-refractivity contribution in [2.24, 2.45) is 12.8 Å². The molecule has 3 N–H and O–H groups in total. The second-order valence-corrected chi connectivity index (χ2v) is 7.94. The maximum atomic E-state index is 12.5. The molecule has 0 bridgehead atoms. The largest absolute Gasteiger partial charge is 0.497 e. The van der Waals surface area contributed by atoms with Gasteiger partial charge in [0, 0.05) is 41.0 Å². The molecule has 0 radical (unpaired) electrons. The Kier molecular flexibility index (Phi) is 6.13. The summed E-state index contributed by atoms with van der Waals surface area (Å²) in [4.78, 5) is 27.0. The van der Waals surface area contributed by atoms with Gasteiger partial charge in [-0.3, -0.25) is 9.59 Å². The van der Waals surface area contributed by atoms with Crippen LogP contribution < -0.4 is 20.6 Å². The van der Waals surface area contributed by atoms with E-state index in [9.17, 15) is 9.59 Å². The Morgan fingerprint density at radius 3 is 2.59 bits per heavy atom. The van der Waals surface area contributed by atoms with Gasteiger partial charge < -0.3 is 24.8 Å². The summed E-state index contributed by atoms with van der Waals surface area (Å²) in [6, 6.07) is 13.6. The molecule has 0 spiro atoms. The minimum absolute atomic E-state index is 0.177. The van der Waals surface area contributed by atoms with Gasteiger partial charge in [0.25, 0.3) is 0 Å². The standard InChI is InChI=1S/C22H21N5O4S/c1-27-20(11-31-16-6-4-15(30-2)5-7-16)25-26-22(27)32-12-14-10-19(28)17-9-13(21(23)29)3-8-18(17)24-14/h3-10H,11-12H2,1-2H3,(H2,23,29)(H,24,28). The van der Waals surface area contributed by atoms with Crippen LogP contribution in [0.1, 0.15) is 21.9 Å². The number of methoxy groups -OCH3 is 1. The number of H-pyrrole nitrogens is 1. The monoisotopic (exact) mass is 451 g/mol. The summed E-state index contributed by atoms with van der Waals surface area (Å²) in [6.45, 7) is 0.269. The molecule has 0 aliphatic rings. The fourth-order valence-corrected chi connectivity index (χ4v) is 3.93. The van der Waals surface area contributed by atoms with Gasteiger partial charge in [-0.2, -0.15) is 0 Å². The second kappa shape index (κ2) is 9.15. The number of fused-ring (bicyclic) bond motifs is 1. The van der Waals surface area contributed by atoms with Gasteiger partial charge in [0.1, 0.15) is 18.1 Å². The zero-order valence-electron chi connectivity index (χ0n) is 17.5. The number of aromatic nitrogens is 4. The number of benzene rings is 2. The van der Waals surface area contributed by atoms with E-state index in [1.54, 1.807) is 19.2 Å². The first kappa shape index (κ1) is 21.4. The number of nitrogens with zero attached hydrogens (tertiary/aromatic N) is 3. The van der Waals surface area contributed by atoms with Gasteiger partial charge in [-0.1, -0.05) is 11.8 Å². The average Bonchev–Trinajstić information content (AvgIpc) is 3.15. The van der Waals surface area contributed by atoms with E-state index in [-0.39, 0.29) is 12.0 Å². The number of ether oxygens (including phenoxy) is 2. The van der Waals surface area contributed by atoms with Gasteiger partial charge in [-0.25, -0.2) is 0 Å². The lowest BCUT2D eigenvalue weighted by molar-refractivity contribution is 0.100. The Balaban J connectivity index is 1.43. The number of nitrogens with two attached hydrogens (primary N) is 1. The van der Waals surface area contributed by atoms with Crippen molar-refractivity contribution >= 4 is 28.6 Å². The van der Waals surface area contributed by atoms with E-state index >= 15 is 0 Å². The third-order valence-electron chi connectivity index (χ3n) is 4.88. The van der Waals surface area contributed by atoms with Crippen molar-refractivity contribution < 1.29 is 14.3 Å². The topological polar surface area (TPSA) is 125 Å². The normalized spacial score (nSPS) is 10.9. The lowest BCUT2D eigenvalue weighted by atomic mass is 10.1. The van der Waals surface area contributed by atoms with Crippen molar-refractivity contribution in [3.8, 4) is 11.5 Å². The molecule has 0 atom stereocenters. The summed E-state index contributed by atoms with van der Waals surface area (Å²) in [7, 11) is 3.48. The van der Waals surface area contributed by atoms with Gasteiger partial charge in [-0.15, -0.1) is 10.2 Å². The molecular formula is C22H21N5O4S. The number of carbonyl (C=O) groups is 1. The number of thioether (sulfide) groups is 1. The molecule has 2 aromatic carbocycles. The predicted molar refractivity (Wildman–Crippen MR) is 121 cm³/mol. The van der Waals surface area contributed by atoms with Gasteiger partial charge in [0.2, 0.25) is 5.91 Å². The van der Waals surface area contributed by atoms with E-state index in [1.807, 2.05) is 35.9 Å². The fraction of sp³-hybridized carbons (Fsp3) is 0.182. The minimum Gasteiger partial charge on any atom is -0.497 e. The zero-order valence-corrected chi connectivity index (χ0v) is 18.3. The van der Waals surface area contributed by atoms with Gasteiger partial charge in [0.05, 0.1) is 7.11 Å². The third-order valence-corrected chi connectivity index (χ3v) is 5.95. The Morgan fingerprint density at radius 1 is 1.12 bits per heavy atom. The number of nitrogens with one attached hydrogen (secondary N) is 1. The molecule has 4 rings (SSSR count). The number of pyridine rings is 1. The first-order valence-corrected chi connectivity index (χ1v) is 10.7. The predicted octanol–water partition coefficient (Wildman–Crippen LogP) is 2.64. The molecule has 0 aliphatic carbocycles. The highest BCUT2D eigenvalue weighted by molar-refractivity contribution is 7.98. The van der Waals surface area contributed by atoms with Crippen LogP contribution >= 0.6 is 11.8 Å². The molecule has 4 aromatic rings. The quantitative estimate of drug-likeness (QED) is 0.395. The molecule has 1 amide bonds. The zero-order chi connectivity index (χ0) is 22.7. The van der Waals surface area contributed by atoms with Crippen LogP contribution in [0.3, 0.4) is 0 Å². The van der Waals surface area contributed by atoms with Crippen LogP contribution in [-0.2, 0) is 19.4 Å². The number of hydrogen-bond acceptors (Lipinski definition) is 7. The molecule has 0 fully saturated rings. The number of carbonyl (C=O) groups excluding carboxylic acids is 1. The van der Waals surface area contributed by atoms with Crippen molar-refractivity contribution in [3.63, 3.8) is 0 Å².